The van der Waals surface area contributed by atoms with Gasteiger partial charge in [0, 0.05) is 49.8 Å². The smallest absolute Gasteiger partial charge is 0.147 e. The van der Waals surface area contributed by atoms with Crippen LogP contribution in [0, 0.1) is 25.7 Å². The van der Waals surface area contributed by atoms with E-state index in [2.05, 4.69) is 36.7 Å². The second-order valence-corrected chi connectivity index (χ2v) is 6.38. The molecular weight excluding hydrogens is 276 g/mol. The van der Waals surface area contributed by atoms with E-state index in [9.17, 15) is 0 Å². The molecule has 6 heteroatoms. The first-order valence-corrected chi connectivity index (χ1v) is 7.76. The molecule has 0 spiro atoms. The topological polar surface area (TPSA) is 58.0 Å². The van der Waals surface area contributed by atoms with Crippen molar-refractivity contribution in [2.45, 2.75) is 13.8 Å². The van der Waals surface area contributed by atoms with Crippen LogP contribution in [0.1, 0.15) is 11.3 Å². The molecule has 4 heterocycles. The van der Waals surface area contributed by atoms with Crippen molar-refractivity contribution in [1.29, 1.82) is 0 Å². The Labute approximate surface area is 130 Å². The van der Waals surface area contributed by atoms with E-state index in [1.54, 1.807) is 6.33 Å². The molecule has 0 radical (unpaired) electrons. The van der Waals surface area contributed by atoms with Gasteiger partial charge in [-0.1, -0.05) is 0 Å². The van der Waals surface area contributed by atoms with Crippen LogP contribution in [0.4, 0.5) is 11.6 Å². The zero-order valence-corrected chi connectivity index (χ0v) is 13.0. The normalized spacial score (nSPS) is 23.9. The van der Waals surface area contributed by atoms with Gasteiger partial charge in [-0.05, 0) is 13.8 Å². The van der Waals surface area contributed by atoms with Gasteiger partial charge in [-0.25, -0.2) is 15.0 Å². The summed E-state index contributed by atoms with van der Waals surface area (Å²) < 4.78 is 0. The predicted octanol–water partition coefficient (Wildman–Crippen LogP) is 1.46. The SMILES string of the molecule is Cc1cnc(N2CC3CN(c4ncncc4C)CC3C2)cn1. The van der Waals surface area contributed by atoms with Crippen molar-refractivity contribution in [2.24, 2.45) is 11.8 Å². The number of fused-ring (bicyclic) bond motifs is 1. The number of anilines is 2. The van der Waals surface area contributed by atoms with E-state index in [4.69, 9.17) is 0 Å². The average molecular weight is 296 g/mol. The molecule has 0 saturated carbocycles. The minimum absolute atomic E-state index is 0.678. The Morgan fingerprint density at radius 2 is 1.59 bits per heavy atom. The van der Waals surface area contributed by atoms with Gasteiger partial charge >= 0.3 is 0 Å². The Balaban J connectivity index is 1.46. The Kier molecular flexibility index (Phi) is 3.17. The monoisotopic (exact) mass is 296 g/mol. The van der Waals surface area contributed by atoms with E-state index in [1.807, 2.05) is 25.5 Å². The fourth-order valence-electron chi connectivity index (χ4n) is 3.63. The lowest BCUT2D eigenvalue weighted by atomic mass is 10.0. The van der Waals surface area contributed by atoms with E-state index >= 15 is 0 Å². The van der Waals surface area contributed by atoms with Gasteiger partial charge in [-0.15, -0.1) is 0 Å². The highest BCUT2D eigenvalue weighted by molar-refractivity contribution is 5.47. The van der Waals surface area contributed by atoms with E-state index in [1.165, 1.54) is 0 Å². The molecule has 114 valence electrons. The van der Waals surface area contributed by atoms with E-state index in [0.29, 0.717) is 11.8 Å². The molecule has 2 aliphatic rings. The van der Waals surface area contributed by atoms with Crippen LogP contribution in [0.3, 0.4) is 0 Å². The summed E-state index contributed by atoms with van der Waals surface area (Å²) in [6.07, 6.45) is 7.28. The summed E-state index contributed by atoms with van der Waals surface area (Å²) in [7, 11) is 0. The lowest BCUT2D eigenvalue weighted by molar-refractivity contribution is 0.533. The first kappa shape index (κ1) is 13.4. The van der Waals surface area contributed by atoms with Gasteiger partial charge in [0.25, 0.3) is 0 Å². The lowest BCUT2D eigenvalue weighted by Gasteiger charge is -2.23. The molecule has 2 saturated heterocycles. The maximum absolute atomic E-state index is 4.51. The molecule has 4 rings (SSSR count). The molecule has 0 aromatic carbocycles. The fraction of sp³-hybridized carbons (Fsp3) is 0.500. The van der Waals surface area contributed by atoms with Crippen LogP contribution >= 0.6 is 0 Å². The third-order valence-electron chi connectivity index (χ3n) is 4.74. The minimum atomic E-state index is 0.678. The maximum Gasteiger partial charge on any atom is 0.147 e. The van der Waals surface area contributed by atoms with Gasteiger partial charge in [0.05, 0.1) is 18.1 Å². The number of nitrogens with zero attached hydrogens (tertiary/aromatic N) is 6. The Morgan fingerprint density at radius 1 is 0.864 bits per heavy atom. The second kappa shape index (κ2) is 5.19. The molecule has 0 bridgehead atoms. The number of aryl methyl sites for hydroxylation is 2. The van der Waals surface area contributed by atoms with Crippen LogP contribution in [0.5, 0.6) is 0 Å². The summed E-state index contributed by atoms with van der Waals surface area (Å²) in [5.74, 6) is 3.45. The van der Waals surface area contributed by atoms with Gasteiger partial charge in [-0.2, -0.15) is 0 Å². The maximum atomic E-state index is 4.51. The first-order chi connectivity index (χ1) is 10.7. The standard InChI is InChI=1S/C16H20N6/c1-11-3-17-10-20-16(11)22-8-13-6-21(7-14(13)9-22)15-5-18-12(2)4-19-15/h3-5,10,13-14H,6-9H2,1-2H3. The summed E-state index contributed by atoms with van der Waals surface area (Å²) >= 11 is 0. The van der Waals surface area contributed by atoms with Gasteiger partial charge in [0.2, 0.25) is 0 Å². The van der Waals surface area contributed by atoms with Gasteiger partial charge in [-0.3, -0.25) is 4.98 Å². The molecular formula is C16H20N6. The highest BCUT2D eigenvalue weighted by Gasteiger charge is 2.41. The van der Waals surface area contributed by atoms with Crippen LogP contribution in [0.2, 0.25) is 0 Å². The van der Waals surface area contributed by atoms with Crippen LogP contribution < -0.4 is 9.80 Å². The van der Waals surface area contributed by atoms with Crippen LogP contribution in [-0.4, -0.2) is 46.1 Å². The summed E-state index contributed by atoms with van der Waals surface area (Å²) in [5, 5.41) is 0. The van der Waals surface area contributed by atoms with E-state index in [-0.39, 0.29) is 0 Å². The van der Waals surface area contributed by atoms with E-state index < -0.39 is 0 Å². The molecule has 2 aliphatic heterocycles. The van der Waals surface area contributed by atoms with Crippen molar-refractivity contribution in [3.63, 3.8) is 0 Å². The van der Waals surface area contributed by atoms with Crippen LogP contribution in [-0.2, 0) is 0 Å². The summed E-state index contributed by atoms with van der Waals surface area (Å²) in [6.45, 7) is 8.30. The quantitative estimate of drug-likeness (QED) is 0.836. The molecule has 2 aromatic heterocycles. The zero-order valence-electron chi connectivity index (χ0n) is 13.0. The van der Waals surface area contributed by atoms with Gasteiger partial charge < -0.3 is 9.80 Å². The third kappa shape index (κ3) is 2.28. The number of hydrogen-bond donors (Lipinski definition) is 0. The second-order valence-electron chi connectivity index (χ2n) is 6.38. The lowest BCUT2D eigenvalue weighted by Crippen LogP contribution is -2.30. The molecule has 2 unspecified atom stereocenters. The highest BCUT2D eigenvalue weighted by atomic mass is 15.3. The Hall–Kier alpha value is -2.24. The van der Waals surface area contributed by atoms with Crippen molar-refractivity contribution >= 4 is 11.6 Å². The largest absolute Gasteiger partial charge is 0.356 e. The zero-order chi connectivity index (χ0) is 15.1. The third-order valence-corrected chi connectivity index (χ3v) is 4.74. The molecule has 6 nitrogen and oxygen atoms in total. The highest BCUT2D eigenvalue weighted by Crippen LogP contribution is 2.35. The van der Waals surface area contributed by atoms with Crippen molar-refractivity contribution in [3.8, 4) is 0 Å². The molecule has 0 N–H and O–H groups in total. The van der Waals surface area contributed by atoms with Crippen LogP contribution in [0.25, 0.3) is 0 Å². The van der Waals surface area contributed by atoms with Crippen molar-refractivity contribution in [1.82, 2.24) is 19.9 Å². The summed E-state index contributed by atoms with van der Waals surface area (Å²) in [6, 6.07) is 0. The van der Waals surface area contributed by atoms with Gasteiger partial charge in [0.15, 0.2) is 0 Å². The summed E-state index contributed by atoms with van der Waals surface area (Å²) in [4.78, 5) is 22.2. The van der Waals surface area contributed by atoms with Crippen molar-refractivity contribution in [2.75, 3.05) is 36.0 Å². The molecule has 22 heavy (non-hydrogen) atoms. The predicted molar refractivity (Wildman–Crippen MR) is 84.9 cm³/mol. The van der Waals surface area contributed by atoms with Gasteiger partial charge in [0.1, 0.15) is 18.0 Å². The number of aromatic nitrogens is 4. The number of rotatable bonds is 2. The fourth-order valence-corrected chi connectivity index (χ4v) is 3.63. The van der Waals surface area contributed by atoms with Crippen molar-refractivity contribution < 1.29 is 0 Å². The number of hydrogen-bond acceptors (Lipinski definition) is 6. The average Bonchev–Trinajstić information content (AvgIpc) is 3.07. The first-order valence-electron chi connectivity index (χ1n) is 7.76. The minimum Gasteiger partial charge on any atom is -0.356 e. The molecule has 0 aliphatic carbocycles. The molecule has 2 atom stereocenters. The molecule has 2 fully saturated rings. The molecule has 2 aromatic rings. The van der Waals surface area contributed by atoms with E-state index in [0.717, 1.165) is 49.1 Å². The molecule has 0 amide bonds. The Morgan fingerprint density at radius 3 is 2.23 bits per heavy atom. The van der Waals surface area contributed by atoms with Crippen molar-refractivity contribution in [3.05, 3.63) is 36.2 Å². The summed E-state index contributed by atoms with van der Waals surface area (Å²) in [5.41, 5.74) is 2.12. The van der Waals surface area contributed by atoms with Crippen LogP contribution in [0.15, 0.2) is 24.9 Å². The Bertz CT molecular complexity index is 657.